The maximum Gasteiger partial charge on any atom is 0.163 e. The molecule has 0 heterocycles. The van der Waals surface area contributed by atoms with Gasteiger partial charge in [-0.3, -0.25) is 10.6 Å². The average molecular weight is 218 g/mol. The van der Waals surface area contributed by atoms with Gasteiger partial charge in [0.1, 0.15) is 0 Å². The summed E-state index contributed by atoms with van der Waals surface area (Å²) < 4.78 is 5.63. The molecular formula is C10H26N2OSi. The molecule has 0 aromatic heterocycles. The molecule has 0 bridgehead atoms. The summed E-state index contributed by atoms with van der Waals surface area (Å²) in [7, 11) is 1.07. The van der Waals surface area contributed by atoms with Crippen molar-refractivity contribution >= 4 is 10.2 Å². The van der Waals surface area contributed by atoms with Crippen molar-refractivity contribution in [3.63, 3.8) is 0 Å². The summed E-state index contributed by atoms with van der Waals surface area (Å²) in [6, 6.07) is 0. The van der Waals surface area contributed by atoms with Crippen LogP contribution in [0.25, 0.3) is 0 Å². The second-order valence-corrected chi connectivity index (χ2v) is 6.20. The molecule has 86 valence electrons. The Kier molecular flexibility index (Phi) is 5.29. The van der Waals surface area contributed by atoms with Crippen molar-refractivity contribution in [2.75, 3.05) is 6.23 Å². The fourth-order valence-electron chi connectivity index (χ4n) is 1.07. The smallest absolute Gasteiger partial charge is 0.163 e. The van der Waals surface area contributed by atoms with Crippen LogP contribution in [0.3, 0.4) is 0 Å². The quantitative estimate of drug-likeness (QED) is 0.529. The van der Waals surface area contributed by atoms with Crippen LogP contribution in [0.15, 0.2) is 0 Å². The molecule has 0 aliphatic heterocycles. The monoisotopic (exact) mass is 218 g/mol. The van der Waals surface area contributed by atoms with Crippen molar-refractivity contribution in [1.82, 2.24) is 10.6 Å². The van der Waals surface area contributed by atoms with Gasteiger partial charge in [0.2, 0.25) is 0 Å². The van der Waals surface area contributed by atoms with Crippen LogP contribution in [0.5, 0.6) is 0 Å². The normalized spacial score (nSPS) is 13.9. The third-order valence-electron chi connectivity index (χ3n) is 1.46. The lowest BCUT2D eigenvalue weighted by Gasteiger charge is -2.33. The van der Waals surface area contributed by atoms with Crippen molar-refractivity contribution < 1.29 is 4.74 Å². The van der Waals surface area contributed by atoms with E-state index >= 15 is 0 Å². The molecule has 0 saturated heterocycles. The lowest BCUT2D eigenvalue weighted by Crippen LogP contribution is -2.57. The molecule has 0 aliphatic carbocycles. The van der Waals surface area contributed by atoms with Crippen molar-refractivity contribution in [3.05, 3.63) is 0 Å². The Bertz CT molecular complexity index is 144. The highest BCUT2D eigenvalue weighted by molar-refractivity contribution is 6.08. The molecule has 0 aromatic carbocycles. The minimum absolute atomic E-state index is 0.0486. The van der Waals surface area contributed by atoms with Crippen LogP contribution in [-0.4, -0.2) is 33.9 Å². The largest absolute Gasteiger partial charge is 0.354 e. The van der Waals surface area contributed by atoms with Crippen LogP contribution in [0.1, 0.15) is 41.5 Å². The summed E-state index contributed by atoms with van der Waals surface area (Å²) in [5.41, 5.74) is 0.138. The van der Waals surface area contributed by atoms with E-state index in [0.29, 0.717) is 0 Å². The zero-order valence-electron chi connectivity index (χ0n) is 10.7. The fourth-order valence-corrected chi connectivity index (χ4v) is 1.41. The molecule has 0 fully saturated rings. The summed E-state index contributed by atoms with van der Waals surface area (Å²) in [6.07, 6.45) is 0.795. The van der Waals surface area contributed by atoms with Crippen LogP contribution in [-0.2, 0) is 4.74 Å². The minimum atomic E-state index is -0.0486. The van der Waals surface area contributed by atoms with Gasteiger partial charge in [-0.15, -0.1) is 0 Å². The van der Waals surface area contributed by atoms with Gasteiger partial charge in [-0.2, -0.15) is 0 Å². The number of hydrogen-bond donors (Lipinski definition) is 2. The second-order valence-electron chi connectivity index (χ2n) is 5.62. The number of nitrogens with one attached hydrogen (secondary N) is 2. The number of rotatable bonds is 4. The highest BCUT2D eigenvalue weighted by Crippen LogP contribution is 2.05. The predicted molar refractivity (Wildman–Crippen MR) is 65.5 cm³/mol. The Morgan fingerprint density at radius 3 is 1.57 bits per heavy atom. The Morgan fingerprint density at radius 2 is 1.36 bits per heavy atom. The molecule has 0 atom stereocenters. The number of ether oxygens (including phenoxy) is 1. The first-order valence-electron chi connectivity index (χ1n) is 5.31. The van der Waals surface area contributed by atoms with E-state index in [9.17, 15) is 0 Å². The molecule has 0 saturated carbocycles. The lowest BCUT2D eigenvalue weighted by molar-refractivity contribution is -0.00253. The molecule has 0 amide bonds. The van der Waals surface area contributed by atoms with Gasteiger partial charge in [0.15, 0.2) is 6.35 Å². The van der Waals surface area contributed by atoms with Crippen LogP contribution < -0.4 is 10.6 Å². The highest BCUT2D eigenvalue weighted by atomic mass is 28.1. The molecule has 0 aromatic rings. The first-order valence-corrected chi connectivity index (χ1v) is 6.72. The first-order chi connectivity index (χ1) is 6.14. The van der Waals surface area contributed by atoms with Crippen molar-refractivity contribution in [2.24, 2.45) is 0 Å². The van der Waals surface area contributed by atoms with Crippen molar-refractivity contribution in [2.45, 2.75) is 59.0 Å². The summed E-state index contributed by atoms with van der Waals surface area (Å²) in [6.45, 7) is 12.8. The molecule has 3 nitrogen and oxygen atoms in total. The minimum Gasteiger partial charge on any atom is -0.354 e. The molecule has 0 spiro atoms. The molecule has 0 unspecified atom stereocenters. The fraction of sp³-hybridized carbons (Fsp3) is 1.00. The Balaban J connectivity index is 4.16. The zero-order chi connectivity index (χ0) is 11.4. The Hall–Kier alpha value is 0.0969. The van der Waals surface area contributed by atoms with E-state index < -0.39 is 0 Å². The molecule has 0 radical (unpaired) electrons. The first kappa shape index (κ1) is 14.1. The number of hydrogen-bond acceptors (Lipinski definition) is 3. The van der Waals surface area contributed by atoms with Gasteiger partial charge in [-0.1, -0.05) is 0 Å². The third-order valence-corrected chi connectivity index (χ3v) is 1.79. The van der Waals surface area contributed by atoms with E-state index in [1.807, 2.05) is 0 Å². The summed E-state index contributed by atoms with van der Waals surface area (Å²) >= 11 is 0. The van der Waals surface area contributed by atoms with Gasteiger partial charge in [0, 0.05) is 27.6 Å². The molecule has 2 N–H and O–H groups in total. The van der Waals surface area contributed by atoms with Crippen LogP contribution in [0, 0.1) is 0 Å². The van der Waals surface area contributed by atoms with Crippen molar-refractivity contribution in [3.8, 4) is 0 Å². The van der Waals surface area contributed by atoms with Crippen LogP contribution >= 0.6 is 0 Å². The Labute approximate surface area is 91.4 Å². The summed E-state index contributed by atoms with van der Waals surface area (Å²) in [5.74, 6) is 0. The van der Waals surface area contributed by atoms with E-state index in [1.54, 1.807) is 0 Å². The molecular weight excluding hydrogens is 192 g/mol. The van der Waals surface area contributed by atoms with Crippen LogP contribution in [0.2, 0.25) is 0 Å². The maximum atomic E-state index is 5.63. The molecule has 0 aliphatic rings. The molecule has 14 heavy (non-hydrogen) atoms. The zero-order valence-corrected chi connectivity index (χ0v) is 12.7. The van der Waals surface area contributed by atoms with Gasteiger partial charge in [-0.25, -0.2) is 0 Å². The summed E-state index contributed by atoms with van der Waals surface area (Å²) in [5, 5.41) is 6.81. The van der Waals surface area contributed by atoms with E-state index in [4.69, 9.17) is 4.74 Å². The molecule has 0 rings (SSSR count). The topological polar surface area (TPSA) is 33.3 Å². The predicted octanol–water partition coefficient (Wildman–Crippen LogP) is 0.386. The SMILES string of the molecule is CC(C)(C)NC(NC(C)(C)C)OC[SiH3]. The van der Waals surface area contributed by atoms with E-state index in [1.165, 1.54) is 0 Å². The van der Waals surface area contributed by atoms with E-state index in [2.05, 4.69) is 52.2 Å². The van der Waals surface area contributed by atoms with E-state index in [-0.39, 0.29) is 17.4 Å². The lowest BCUT2D eigenvalue weighted by atomic mass is 10.1. The highest BCUT2D eigenvalue weighted by Gasteiger charge is 2.21. The standard InChI is InChI=1S/C10H26N2OSi/c1-9(2,3)11-8(13-7-14)12-10(4,5)6/h8,11-12H,7H2,1-6,14H3. The van der Waals surface area contributed by atoms with Gasteiger partial charge in [0.25, 0.3) is 0 Å². The van der Waals surface area contributed by atoms with Gasteiger partial charge in [-0.05, 0) is 41.5 Å². The van der Waals surface area contributed by atoms with Gasteiger partial charge in [0.05, 0.1) is 0 Å². The summed E-state index contributed by atoms with van der Waals surface area (Å²) in [4.78, 5) is 0. The van der Waals surface area contributed by atoms with E-state index in [0.717, 1.165) is 16.5 Å². The van der Waals surface area contributed by atoms with Gasteiger partial charge < -0.3 is 4.74 Å². The average Bonchev–Trinajstić information content (AvgIpc) is 1.78. The van der Waals surface area contributed by atoms with Gasteiger partial charge >= 0.3 is 0 Å². The molecule has 4 heteroatoms. The van der Waals surface area contributed by atoms with Crippen molar-refractivity contribution in [1.29, 1.82) is 0 Å². The maximum absolute atomic E-state index is 5.63. The van der Waals surface area contributed by atoms with Crippen LogP contribution in [0.4, 0.5) is 0 Å². The third kappa shape index (κ3) is 8.68. The second kappa shape index (κ2) is 5.26. The Morgan fingerprint density at radius 1 is 1.00 bits per heavy atom.